The molecule has 0 N–H and O–H groups in total. The van der Waals surface area contributed by atoms with Gasteiger partial charge in [-0.05, 0) is 12.8 Å². The molecule has 0 aliphatic rings. The molecule has 0 aliphatic heterocycles. The highest BCUT2D eigenvalue weighted by Gasteiger charge is 2.28. The first kappa shape index (κ1) is 23.4. The van der Waals surface area contributed by atoms with Gasteiger partial charge in [0.2, 0.25) is 0 Å². The van der Waals surface area contributed by atoms with Gasteiger partial charge in [-0.25, -0.2) is 0 Å². The minimum absolute atomic E-state index is 0.160. The van der Waals surface area contributed by atoms with Gasteiger partial charge in [0.05, 0.1) is 10.5 Å². The fraction of sp³-hybridized carbons (Fsp3) is 0.462. The Morgan fingerprint density at radius 3 is 1.38 bits per heavy atom. The molecular formula is C26H34O2S. The lowest BCUT2D eigenvalue weighted by Crippen LogP contribution is -2.26. The molecule has 0 aliphatic carbocycles. The predicted octanol–water partition coefficient (Wildman–Crippen LogP) is 7.38. The van der Waals surface area contributed by atoms with Gasteiger partial charge in [-0.1, -0.05) is 113 Å². The summed E-state index contributed by atoms with van der Waals surface area (Å²) in [5, 5.41) is -0.327. The van der Waals surface area contributed by atoms with Gasteiger partial charge in [0.25, 0.3) is 0 Å². The zero-order valence-corrected chi connectivity index (χ0v) is 18.6. The lowest BCUT2D eigenvalue weighted by molar-refractivity contribution is 0.0983. The molecular weight excluding hydrogens is 376 g/mol. The topological polar surface area (TPSA) is 34.1 Å². The van der Waals surface area contributed by atoms with Gasteiger partial charge in [-0.15, -0.1) is 11.8 Å². The van der Waals surface area contributed by atoms with Crippen LogP contribution in [0.25, 0.3) is 0 Å². The van der Waals surface area contributed by atoms with Gasteiger partial charge in [0, 0.05) is 11.1 Å². The van der Waals surface area contributed by atoms with E-state index in [2.05, 4.69) is 13.8 Å². The summed E-state index contributed by atoms with van der Waals surface area (Å²) in [5.41, 5.74) is 1.50. The number of thioether (sulfide) groups is 1. The number of unbranched alkanes of at least 4 members (excludes halogenated alkanes) is 4. The number of hydrogen-bond donors (Lipinski definition) is 0. The first-order valence-corrected chi connectivity index (χ1v) is 12.0. The molecule has 2 nitrogen and oxygen atoms in total. The molecule has 0 spiro atoms. The van der Waals surface area contributed by atoms with E-state index >= 15 is 0 Å². The third-order valence-corrected chi connectivity index (χ3v) is 6.73. The smallest absolute Gasteiger partial charge is 0.175 e. The summed E-state index contributed by atoms with van der Waals surface area (Å²) in [6.45, 7) is 4.35. The number of carbonyl (C=O) groups excluding carboxylic acids is 2. The molecule has 3 heteroatoms. The maximum absolute atomic E-state index is 13.2. The van der Waals surface area contributed by atoms with Crippen LogP contribution in [0.3, 0.4) is 0 Å². The van der Waals surface area contributed by atoms with Crippen molar-refractivity contribution >= 4 is 23.3 Å². The summed E-state index contributed by atoms with van der Waals surface area (Å²) >= 11 is 1.60. The second kappa shape index (κ2) is 13.4. The number of Topliss-reactive ketones (excluding diaryl/α,β-unsaturated/α-hetero) is 2. The van der Waals surface area contributed by atoms with Gasteiger partial charge in [0.15, 0.2) is 11.6 Å². The molecule has 2 rings (SSSR count). The minimum atomic E-state index is -0.164. The van der Waals surface area contributed by atoms with E-state index in [1.54, 1.807) is 11.8 Å². The summed E-state index contributed by atoms with van der Waals surface area (Å²) in [7, 11) is 0. The SMILES string of the molecule is CCCCCC(SC(CCCCC)C(=O)c1ccccc1)C(=O)c1ccccc1. The average molecular weight is 411 g/mol. The molecule has 0 aromatic heterocycles. The van der Waals surface area contributed by atoms with Crippen molar-refractivity contribution in [1.29, 1.82) is 0 Å². The van der Waals surface area contributed by atoms with Crippen LogP contribution in [0.1, 0.15) is 85.9 Å². The lowest BCUT2D eigenvalue weighted by atomic mass is 10.0. The minimum Gasteiger partial charge on any atom is -0.293 e. The molecule has 0 bridgehead atoms. The Labute approximate surface area is 180 Å². The number of benzene rings is 2. The second-order valence-electron chi connectivity index (χ2n) is 7.57. The van der Waals surface area contributed by atoms with E-state index in [0.717, 1.165) is 62.5 Å². The molecule has 0 saturated carbocycles. The summed E-state index contributed by atoms with van der Waals surface area (Å²) in [5.74, 6) is 0.320. The van der Waals surface area contributed by atoms with Crippen molar-refractivity contribution in [2.24, 2.45) is 0 Å². The second-order valence-corrected chi connectivity index (χ2v) is 8.98. The lowest BCUT2D eigenvalue weighted by Gasteiger charge is -2.22. The van der Waals surface area contributed by atoms with E-state index in [-0.39, 0.29) is 22.1 Å². The molecule has 2 atom stereocenters. The standard InChI is InChI=1S/C26H34O2S/c1-3-5-9-19-23(25(27)21-15-11-7-12-16-21)29-24(20-10-6-4-2)26(28)22-17-13-8-14-18-22/h7-8,11-18,23-24H,3-6,9-10,19-20H2,1-2H3. The van der Waals surface area contributed by atoms with Gasteiger partial charge in [-0.2, -0.15) is 0 Å². The molecule has 2 unspecified atom stereocenters. The van der Waals surface area contributed by atoms with Crippen molar-refractivity contribution < 1.29 is 9.59 Å². The summed E-state index contributed by atoms with van der Waals surface area (Å²) in [4.78, 5) is 26.5. The van der Waals surface area contributed by atoms with E-state index in [4.69, 9.17) is 0 Å². The molecule has 0 saturated heterocycles. The van der Waals surface area contributed by atoms with Crippen LogP contribution in [-0.2, 0) is 0 Å². The molecule has 0 fully saturated rings. The maximum Gasteiger partial charge on any atom is 0.175 e. The molecule has 0 amide bonds. The predicted molar refractivity (Wildman–Crippen MR) is 125 cm³/mol. The zero-order valence-electron chi connectivity index (χ0n) is 17.8. The molecule has 0 radical (unpaired) electrons. The van der Waals surface area contributed by atoms with Gasteiger partial charge >= 0.3 is 0 Å². The van der Waals surface area contributed by atoms with Crippen molar-refractivity contribution in [3.63, 3.8) is 0 Å². The fourth-order valence-corrected chi connectivity index (χ4v) is 4.98. The van der Waals surface area contributed by atoms with Crippen LogP contribution >= 0.6 is 11.8 Å². The highest BCUT2D eigenvalue weighted by molar-refractivity contribution is 8.02. The molecule has 29 heavy (non-hydrogen) atoms. The van der Waals surface area contributed by atoms with E-state index in [1.807, 2.05) is 60.7 Å². The average Bonchev–Trinajstić information content (AvgIpc) is 2.78. The van der Waals surface area contributed by atoms with Crippen LogP contribution in [0.5, 0.6) is 0 Å². The zero-order chi connectivity index (χ0) is 20.9. The van der Waals surface area contributed by atoms with Crippen LogP contribution in [0.2, 0.25) is 0 Å². The molecule has 2 aromatic rings. The van der Waals surface area contributed by atoms with E-state index in [9.17, 15) is 9.59 Å². The Hall–Kier alpha value is -1.87. The summed E-state index contributed by atoms with van der Waals surface area (Å²) in [6, 6.07) is 19.1. The fourth-order valence-electron chi connectivity index (χ4n) is 3.46. The van der Waals surface area contributed by atoms with Crippen molar-refractivity contribution in [3.05, 3.63) is 71.8 Å². The van der Waals surface area contributed by atoms with Crippen molar-refractivity contribution in [2.45, 2.75) is 75.7 Å². The van der Waals surface area contributed by atoms with Crippen molar-refractivity contribution in [3.8, 4) is 0 Å². The Morgan fingerprint density at radius 2 is 1.03 bits per heavy atom. The monoisotopic (exact) mass is 410 g/mol. The van der Waals surface area contributed by atoms with Crippen LogP contribution in [-0.4, -0.2) is 22.1 Å². The van der Waals surface area contributed by atoms with Gasteiger partial charge in [0.1, 0.15) is 0 Å². The van der Waals surface area contributed by atoms with Gasteiger partial charge in [-0.3, -0.25) is 9.59 Å². The number of ketones is 2. The first-order valence-electron chi connectivity index (χ1n) is 11.0. The number of hydrogen-bond acceptors (Lipinski definition) is 3. The Bertz CT molecular complexity index is 663. The Balaban J connectivity index is 2.20. The summed E-state index contributed by atoms with van der Waals surface area (Å²) < 4.78 is 0. The first-order chi connectivity index (χ1) is 14.2. The number of carbonyl (C=O) groups is 2. The molecule has 2 aromatic carbocycles. The third kappa shape index (κ3) is 7.81. The third-order valence-electron chi connectivity index (χ3n) is 5.17. The van der Waals surface area contributed by atoms with E-state index < -0.39 is 0 Å². The Morgan fingerprint density at radius 1 is 0.655 bits per heavy atom. The largest absolute Gasteiger partial charge is 0.293 e. The molecule has 0 heterocycles. The summed E-state index contributed by atoms with van der Waals surface area (Å²) in [6.07, 6.45) is 8.19. The maximum atomic E-state index is 13.2. The van der Waals surface area contributed by atoms with Crippen LogP contribution in [0.4, 0.5) is 0 Å². The highest BCUT2D eigenvalue weighted by Crippen LogP contribution is 2.31. The van der Waals surface area contributed by atoms with Crippen molar-refractivity contribution in [2.75, 3.05) is 0 Å². The molecule has 156 valence electrons. The van der Waals surface area contributed by atoms with Crippen LogP contribution in [0, 0.1) is 0 Å². The number of rotatable bonds is 14. The normalized spacial score (nSPS) is 13.0. The van der Waals surface area contributed by atoms with E-state index in [1.165, 1.54) is 0 Å². The Kier molecular flexibility index (Phi) is 10.8. The highest BCUT2D eigenvalue weighted by atomic mass is 32.2. The van der Waals surface area contributed by atoms with Crippen LogP contribution < -0.4 is 0 Å². The quantitative estimate of drug-likeness (QED) is 0.241. The van der Waals surface area contributed by atoms with Gasteiger partial charge < -0.3 is 0 Å². The van der Waals surface area contributed by atoms with Crippen LogP contribution in [0.15, 0.2) is 60.7 Å². The van der Waals surface area contributed by atoms with E-state index in [0.29, 0.717) is 0 Å². The van der Waals surface area contributed by atoms with Crippen molar-refractivity contribution in [1.82, 2.24) is 0 Å².